The number of esters is 1. The van der Waals surface area contributed by atoms with Crippen LogP contribution >= 0.6 is 11.8 Å². The van der Waals surface area contributed by atoms with E-state index in [0.717, 1.165) is 30.4 Å². The minimum absolute atomic E-state index is 0.184. The van der Waals surface area contributed by atoms with Crippen LogP contribution in [0, 0.1) is 6.92 Å². The molecule has 1 rings (SSSR count). The fraction of sp³-hybridized carbons (Fsp3) is 0.750. The Bertz CT molecular complexity index is 393. The molecule has 0 aliphatic carbocycles. The topological polar surface area (TPSA) is 57.0 Å². The van der Waals surface area contributed by atoms with Crippen molar-refractivity contribution in [2.45, 2.75) is 57.5 Å². The highest BCUT2D eigenvalue weighted by Gasteiger charge is 2.19. The maximum Gasteiger partial charge on any atom is 0.319 e. The lowest BCUT2D eigenvalue weighted by atomic mass is 10.4. The van der Waals surface area contributed by atoms with Crippen LogP contribution in [-0.4, -0.2) is 32.6 Å². The second-order valence-electron chi connectivity index (χ2n) is 4.06. The summed E-state index contributed by atoms with van der Waals surface area (Å²) in [5, 5.41) is 8.61. The van der Waals surface area contributed by atoms with E-state index in [9.17, 15) is 4.79 Å². The van der Waals surface area contributed by atoms with Gasteiger partial charge in [0.05, 0.1) is 6.61 Å². The molecule has 1 unspecified atom stereocenters. The molecule has 1 heterocycles. The van der Waals surface area contributed by atoms with Gasteiger partial charge in [-0.15, -0.1) is 10.2 Å². The summed E-state index contributed by atoms with van der Waals surface area (Å²) in [7, 11) is 0. The van der Waals surface area contributed by atoms with Gasteiger partial charge in [0.1, 0.15) is 11.1 Å². The van der Waals surface area contributed by atoms with Crippen LogP contribution in [0.2, 0.25) is 0 Å². The molecule has 6 heteroatoms. The van der Waals surface area contributed by atoms with Crippen LogP contribution in [0.15, 0.2) is 5.16 Å². The molecule has 0 spiro atoms. The molecule has 1 atom stereocenters. The molecule has 102 valence electrons. The smallest absolute Gasteiger partial charge is 0.319 e. The number of thioether (sulfide) groups is 1. The van der Waals surface area contributed by atoms with E-state index >= 15 is 0 Å². The van der Waals surface area contributed by atoms with Gasteiger partial charge in [0.25, 0.3) is 0 Å². The number of aromatic nitrogens is 3. The van der Waals surface area contributed by atoms with Crippen molar-refractivity contribution in [3.63, 3.8) is 0 Å². The van der Waals surface area contributed by atoms with Gasteiger partial charge >= 0.3 is 5.97 Å². The van der Waals surface area contributed by atoms with Gasteiger partial charge in [0.2, 0.25) is 0 Å². The first kappa shape index (κ1) is 15.0. The molecular weight excluding hydrogens is 250 g/mol. The summed E-state index contributed by atoms with van der Waals surface area (Å²) in [6, 6.07) is 0. The van der Waals surface area contributed by atoms with Crippen LogP contribution < -0.4 is 0 Å². The number of carbonyl (C=O) groups excluding carboxylic acids is 1. The molecular formula is C12H21N3O2S. The van der Waals surface area contributed by atoms with Crippen molar-refractivity contribution in [1.29, 1.82) is 0 Å². The summed E-state index contributed by atoms with van der Waals surface area (Å²) in [4.78, 5) is 11.7. The minimum atomic E-state index is -0.254. The lowest BCUT2D eigenvalue weighted by Gasteiger charge is -2.11. The monoisotopic (exact) mass is 271 g/mol. The number of nitrogens with zero attached hydrogens (tertiary/aromatic N) is 3. The maximum absolute atomic E-state index is 11.7. The summed E-state index contributed by atoms with van der Waals surface area (Å²) in [5.41, 5.74) is 0. The molecule has 0 aliphatic rings. The first-order chi connectivity index (χ1) is 8.60. The normalized spacial score (nSPS) is 12.4. The van der Waals surface area contributed by atoms with Gasteiger partial charge in [-0.25, -0.2) is 0 Å². The fourth-order valence-electron chi connectivity index (χ4n) is 1.45. The molecule has 0 saturated heterocycles. The Morgan fingerprint density at radius 2 is 2.17 bits per heavy atom. The summed E-state index contributed by atoms with van der Waals surface area (Å²) in [5.74, 6) is 0.684. The molecule has 0 aliphatic heterocycles. The predicted octanol–water partition coefficient (Wildman–Crippen LogP) is 2.43. The Morgan fingerprint density at radius 1 is 1.44 bits per heavy atom. The average molecular weight is 271 g/mol. The van der Waals surface area contributed by atoms with Gasteiger partial charge in [0, 0.05) is 6.54 Å². The zero-order valence-corrected chi connectivity index (χ0v) is 12.3. The number of hydrogen-bond acceptors (Lipinski definition) is 5. The van der Waals surface area contributed by atoms with Crippen LogP contribution in [-0.2, 0) is 16.1 Å². The van der Waals surface area contributed by atoms with E-state index in [1.54, 1.807) is 0 Å². The Hall–Kier alpha value is -1.04. The number of hydrogen-bond donors (Lipinski definition) is 0. The van der Waals surface area contributed by atoms with E-state index in [1.165, 1.54) is 11.8 Å². The van der Waals surface area contributed by atoms with Gasteiger partial charge in [-0.05, 0) is 27.2 Å². The van der Waals surface area contributed by atoms with Crippen molar-refractivity contribution in [2.24, 2.45) is 0 Å². The fourth-order valence-corrected chi connectivity index (χ4v) is 2.41. The number of ether oxygens (including phenoxy) is 1. The van der Waals surface area contributed by atoms with E-state index in [4.69, 9.17) is 4.74 Å². The Balaban J connectivity index is 2.52. The summed E-state index contributed by atoms with van der Waals surface area (Å²) in [6.45, 7) is 9.15. The predicted molar refractivity (Wildman–Crippen MR) is 71.6 cm³/mol. The Morgan fingerprint density at radius 3 is 2.78 bits per heavy atom. The quantitative estimate of drug-likeness (QED) is 0.433. The highest BCUT2D eigenvalue weighted by atomic mass is 32.2. The van der Waals surface area contributed by atoms with Crippen molar-refractivity contribution in [1.82, 2.24) is 14.8 Å². The van der Waals surface area contributed by atoms with E-state index in [0.29, 0.717) is 6.61 Å². The van der Waals surface area contributed by atoms with E-state index in [-0.39, 0.29) is 11.2 Å². The average Bonchev–Trinajstić information content (AvgIpc) is 2.69. The largest absolute Gasteiger partial charge is 0.465 e. The van der Waals surface area contributed by atoms with Gasteiger partial charge in [-0.3, -0.25) is 4.79 Å². The molecule has 0 saturated carbocycles. The highest BCUT2D eigenvalue weighted by Crippen LogP contribution is 2.22. The van der Waals surface area contributed by atoms with Gasteiger partial charge in [-0.2, -0.15) is 0 Å². The number of rotatable bonds is 7. The second-order valence-corrected chi connectivity index (χ2v) is 5.36. The van der Waals surface area contributed by atoms with Crippen molar-refractivity contribution < 1.29 is 9.53 Å². The van der Waals surface area contributed by atoms with Crippen LogP contribution in [0.3, 0.4) is 0 Å². The van der Waals surface area contributed by atoms with Crippen molar-refractivity contribution in [3.05, 3.63) is 5.82 Å². The molecule has 5 nitrogen and oxygen atoms in total. The summed E-state index contributed by atoms with van der Waals surface area (Å²) in [6.07, 6.45) is 1.94. The summed E-state index contributed by atoms with van der Waals surface area (Å²) >= 11 is 1.40. The van der Waals surface area contributed by atoms with Crippen LogP contribution in [0.25, 0.3) is 0 Å². The molecule has 0 amide bonds. The second kappa shape index (κ2) is 7.41. The molecule has 0 N–H and O–H groups in total. The number of carbonyl (C=O) groups is 1. The first-order valence-corrected chi connectivity index (χ1v) is 7.21. The Kier molecular flexibility index (Phi) is 6.18. The zero-order valence-electron chi connectivity index (χ0n) is 11.5. The van der Waals surface area contributed by atoms with Crippen molar-refractivity contribution >= 4 is 17.7 Å². The summed E-state index contributed by atoms with van der Waals surface area (Å²) < 4.78 is 7.17. The molecule has 1 aromatic rings. The molecule has 18 heavy (non-hydrogen) atoms. The van der Waals surface area contributed by atoms with Gasteiger partial charge in [-0.1, -0.05) is 25.1 Å². The Labute approximate surface area is 112 Å². The lowest BCUT2D eigenvalue weighted by molar-refractivity contribution is -0.142. The molecule has 1 aromatic heterocycles. The van der Waals surface area contributed by atoms with E-state index in [1.807, 2.05) is 25.3 Å². The number of unbranched alkanes of at least 4 members (excludes halogenated alkanes) is 1. The van der Waals surface area contributed by atoms with Gasteiger partial charge < -0.3 is 9.30 Å². The third-order valence-electron chi connectivity index (χ3n) is 2.57. The lowest BCUT2D eigenvalue weighted by Crippen LogP contribution is -2.18. The molecule has 0 radical (unpaired) electrons. The van der Waals surface area contributed by atoms with Crippen molar-refractivity contribution in [2.75, 3.05) is 6.61 Å². The van der Waals surface area contributed by atoms with Crippen LogP contribution in [0.4, 0.5) is 0 Å². The zero-order chi connectivity index (χ0) is 13.5. The maximum atomic E-state index is 11.7. The van der Waals surface area contributed by atoms with Crippen LogP contribution in [0.1, 0.15) is 39.4 Å². The van der Waals surface area contributed by atoms with E-state index in [2.05, 4.69) is 17.1 Å². The van der Waals surface area contributed by atoms with Crippen LogP contribution in [0.5, 0.6) is 0 Å². The first-order valence-electron chi connectivity index (χ1n) is 6.33. The van der Waals surface area contributed by atoms with Gasteiger partial charge in [0.15, 0.2) is 5.16 Å². The SMILES string of the molecule is CCCCOC(=O)C(C)Sc1nnc(C)n1CC. The number of aryl methyl sites for hydroxylation is 1. The van der Waals surface area contributed by atoms with Crippen molar-refractivity contribution in [3.8, 4) is 0 Å². The highest BCUT2D eigenvalue weighted by molar-refractivity contribution is 8.00. The minimum Gasteiger partial charge on any atom is -0.465 e. The molecule has 0 aromatic carbocycles. The third-order valence-corrected chi connectivity index (χ3v) is 3.63. The molecule has 0 fully saturated rings. The third kappa shape index (κ3) is 4.01. The van der Waals surface area contributed by atoms with E-state index < -0.39 is 0 Å². The molecule has 0 bridgehead atoms. The standard InChI is InChI=1S/C12H21N3O2S/c1-5-7-8-17-11(16)9(3)18-12-14-13-10(4)15(12)6-2/h9H,5-8H2,1-4H3.